The fraction of sp³-hybridized carbons (Fsp3) is 0.857. The SMILES string of the molecule is CC1(C)CC[C@@]23CC[C@]4(C)[C@@](OC2=O)([C@@H]3C1)[C@@H](Br)C[C@@H]1[C@@]2(C)CC/C(=N/OC(=O)C[C@@H]3SC(=O)NC3=O)C(C)(C)[C@@H]2CC[C@]14C. The molecule has 2 saturated heterocycles. The highest BCUT2D eigenvalue weighted by molar-refractivity contribution is 9.09. The first-order valence-electron chi connectivity index (χ1n) is 17.0. The second-order valence-electron chi connectivity index (χ2n) is 17.7. The second-order valence-corrected chi connectivity index (χ2v) is 20.0. The van der Waals surface area contributed by atoms with Crippen molar-refractivity contribution in [2.45, 2.75) is 135 Å². The van der Waals surface area contributed by atoms with E-state index in [2.05, 4.69) is 74.9 Å². The standard InChI is InChI=1S/C35H49BrN2O6S/c1-29(2)12-14-34-15-13-33(7)32(6)11-8-20-30(3,4)24(38-44-25(39)16-19-26(40)37-28(42)45-19)9-10-31(20,5)21(32)17-23(36)35(33,22(34)18-29)43-27(34)41/h19-23H,8-18H2,1-7H3,(H,37,40,42)/b38-24-/t19-,20-,21+,22+,23-,31-,32+,33-,34-,35+/m0/s1. The van der Waals surface area contributed by atoms with Gasteiger partial charge in [0.2, 0.25) is 5.91 Å². The molecule has 10 heteroatoms. The molecule has 8 nitrogen and oxygen atoms in total. The number of oxime groups is 1. The van der Waals surface area contributed by atoms with Crippen molar-refractivity contribution in [3.8, 4) is 0 Å². The maximum Gasteiger partial charge on any atom is 0.336 e. The van der Waals surface area contributed by atoms with Crippen molar-refractivity contribution in [1.82, 2.24) is 5.32 Å². The van der Waals surface area contributed by atoms with Crippen LogP contribution < -0.4 is 5.32 Å². The van der Waals surface area contributed by atoms with Crippen LogP contribution in [0, 0.1) is 50.2 Å². The molecule has 248 valence electrons. The highest BCUT2D eigenvalue weighted by Gasteiger charge is 2.83. The van der Waals surface area contributed by atoms with Crippen LogP contribution in [0.15, 0.2) is 5.16 Å². The number of esters is 1. The van der Waals surface area contributed by atoms with Crippen LogP contribution in [-0.2, 0) is 24.0 Å². The molecule has 0 aromatic carbocycles. The molecule has 7 rings (SSSR count). The van der Waals surface area contributed by atoms with E-state index >= 15 is 0 Å². The van der Waals surface area contributed by atoms with E-state index in [0.29, 0.717) is 11.8 Å². The number of carbonyl (C=O) groups excluding carboxylic acids is 4. The van der Waals surface area contributed by atoms with Gasteiger partial charge in [-0.05, 0) is 92.3 Å². The molecule has 5 aliphatic carbocycles. The summed E-state index contributed by atoms with van der Waals surface area (Å²) >= 11 is 5.10. The van der Waals surface area contributed by atoms with E-state index in [4.69, 9.17) is 9.57 Å². The summed E-state index contributed by atoms with van der Waals surface area (Å²) in [5.41, 5.74) is -0.0848. The number of alkyl halides is 1. The minimum absolute atomic E-state index is 0.00897. The number of carbonyl (C=O) groups is 4. The van der Waals surface area contributed by atoms with Gasteiger partial charge in [0.1, 0.15) is 10.9 Å². The number of ether oxygens (including phenoxy) is 1. The first-order chi connectivity index (χ1) is 20.9. The normalized spacial score (nSPS) is 50.1. The zero-order chi connectivity index (χ0) is 32.6. The van der Waals surface area contributed by atoms with Gasteiger partial charge in [-0.3, -0.25) is 19.7 Å². The summed E-state index contributed by atoms with van der Waals surface area (Å²) in [6, 6.07) is 0. The molecule has 2 amide bonds. The molecule has 2 heterocycles. The zero-order valence-corrected chi connectivity index (χ0v) is 30.3. The van der Waals surface area contributed by atoms with Gasteiger partial charge in [0.05, 0.1) is 22.4 Å². The summed E-state index contributed by atoms with van der Waals surface area (Å²) < 4.78 is 6.88. The lowest BCUT2D eigenvalue weighted by Crippen LogP contribution is -2.75. The summed E-state index contributed by atoms with van der Waals surface area (Å²) in [6.45, 7) is 16.8. The largest absolute Gasteiger partial charge is 0.457 e. The molecule has 5 saturated carbocycles. The molecule has 0 radical (unpaired) electrons. The van der Waals surface area contributed by atoms with Crippen molar-refractivity contribution in [3.63, 3.8) is 0 Å². The predicted molar refractivity (Wildman–Crippen MR) is 176 cm³/mol. The highest BCUT2D eigenvalue weighted by atomic mass is 79.9. The fourth-order valence-corrected chi connectivity index (χ4v) is 14.7. The van der Waals surface area contributed by atoms with E-state index in [9.17, 15) is 19.2 Å². The monoisotopic (exact) mass is 704 g/mol. The van der Waals surface area contributed by atoms with Gasteiger partial charge >= 0.3 is 11.9 Å². The first kappa shape index (κ1) is 32.1. The number of hydrogen-bond donors (Lipinski definition) is 1. The van der Waals surface area contributed by atoms with E-state index in [1.807, 2.05) is 0 Å². The molecular formula is C35H49BrN2O6S. The maximum absolute atomic E-state index is 13.9. The number of rotatable bonds is 3. The zero-order valence-electron chi connectivity index (χ0n) is 27.8. The molecule has 7 fully saturated rings. The van der Waals surface area contributed by atoms with E-state index < -0.39 is 28.0 Å². The van der Waals surface area contributed by atoms with Gasteiger partial charge in [-0.15, -0.1) is 0 Å². The lowest BCUT2D eigenvalue weighted by Gasteiger charge is -2.74. The maximum atomic E-state index is 13.9. The highest BCUT2D eigenvalue weighted by Crippen LogP contribution is 2.81. The van der Waals surface area contributed by atoms with Crippen LogP contribution in [0.2, 0.25) is 0 Å². The molecule has 1 spiro atoms. The van der Waals surface area contributed by atoms with Gasteiger partial charge < -0.3 is 9.57 Å². The molecule has 0 aromatic rings. The predicted octanol–water partition coefficient (Wildman–Crippen LogP) is 7.56. The van der Waals surface area contributed by atoms with Gasteiger partial charge in [0.25, 0.3) is 5.24 Å². The third kappa shape index (κ3) is 4.05. The summed E-state index contributed by atoms with van der Waals surface area (Å²) in [5.74, 6) is 0.0590. The van der Waals surface area contributed by atoms with Gasteiger partial charge in [-0.1, -0.05) is 81.3 Å². The number of imide groups is 1. The van der Waals surface area contributed by atoms with E-state index in [-0.39, 0.29) is 55.6 Å². The van der Waals surface area contributed by atoms with Gasteiger partial charge in [-0.25, -0.2) is 4.79 Å². The Morgan fingerprint density at radius 2 is 1.69 bits per heavy atom. The average molecular weight is 706 g/mol. The van der Waals surface area contributed by atoms with Gasteiger partial charge in [0, 0.05) is 16.7 Å². The molecule has 2 bridgehead atoms. The summed E-state index contributed by atoms with van der Waals surface area (Å²) in [7, 11) is 0. The van der Waals surface area contributed by atoms with Crippen LogP contribution in [0.3, 0.4) is 0 Å². The van der Waals surface area contributed by atoms with E-state index in [1.165, 1.54) is 0 Å². The van der Waals surface area contributed by atoms with Gasteiger partial charge in [0.15, 0.2) is 0 Å². The quantitative estimate of drug-likeness (QED) is 0.140. The number of halogens is 1. The number of thioether (sulfide) groups is 1. The van der Waals surface area contributed by atoms with Crippen molar-refractivity contribution >= 4 is 56.5 Å². The van der Waals surface area contributed by atoms with Crippen LogP contribution in [0.4, 0.5) is 4.79 Å². The number of nitrogens with zero attached hydrogens (tertiary/aromatic N) is 1. The van der Waals surface area contributed by atoms with E-state index in [0.717, 1.165) is 81.7 Å². The lowest BCUT2D eigenvalue weighted by molar-refractivity contribution is -0.272. The van der Waals surface area contributed by atoms with E-state index in [1.54, 1.807) is 0 Å². The Morgan fingerprint density at radius 1 is 0.978 bits per heavy atom. The van der Waals surface area contributed by atoms with Crippen LogP contribution in [0.1, 0.15) is 119 Å². The molecule has 0 unspecified atom stereocenters. The minimum Gasteiger partial charge on any atom is -0.457 e. The van der Waals surface area contributed by atoms with Crippen molar-refractivity contribution in [2.75, 3.05) is 0 Å². The van der Waals surface area contributed by atoms with Crippen LogP contribution >= 0.6 is 27.7 Å². The Hall–Kier alpha value is -1.42. The Kier molecular flexibility index (Phi) is 7.01. The summed E-state index contributed by atoms with van der Waals surface area (Å²) in [4.78, 5) is 55.5. The molecule has 0 aromatic heterocycles. The molecular weight excluding hydrogens is 656 g/mol. The Morgan fingerprint density at radius 3 is 2.38 bits per heavy atom. The van der Waals surface area contributed by atoms with Crippen LogP contribution in [0.25, 0.3) is 0 Å². The second kappa shape index (κ2) is 9.82. The number of amides is 2. The number of nitrogens with one attached hydrogen (secondary N) is 1. The Bertz CT molecular complexity index is 1410. The molecule has 10 atom stereocenters. The molecule has 1 N–H and O–H groups in total. The topological polar surface area (TPSA) is 111 Å². The molecule has 2 aliphatic heterocycles. The molecule has 7 aliphatic rings. The minimum atomic E-state index is -0.763. The van der Waals surface area contributed by atoms with Crippen molar-refractivity contribution < 1.29 is 28.8 Å². The summed E-state index contributed by atoms with van der Waals surface area (Å²) in [5, 5.41) is 5.45. The third-order valence-electron chi connectivity index (χ3n) is 15.2. The Labute approximate surface area is 279 Å². The lowest BCUT2D eigenvalue weighted by atomic mass is 9.31. The smallest absolute Gasteiger partial charge is 0.336 e. The van der Waals surface area contributed by atoms with Crippen molar-refractivity contribution in [1.29, 1.82) is 0 Å². The van der Waals surface area contributed by atoms with Crippen molar-refractivity contribution in [3.05, 3.63) is 0 Å². The number of fused-ring (bicyclic) bond motifs is 4. The third-order valence-corrected chi connectivity index (χ3v) is 17.2. The fourth-order valence-electron chi connectivity index (χ4n) is 12.6. The number of hydrogen-bond acceptors (Lipinski definition) is 8. The summed E-state index contributed by atoms with van der Waals surface area (Å²) in [6.07, 6.45) is 9.64. The van der Waals surface area contributed by atoms with Crippen LogP contribution in [-0.4, -0.2) is 44.5 Å². The Balaban J connectivity index is 1.17. The first-order valence-corrected chi connectivity index (χ1v) is 18.8. The van der Waals surface area contributed by atoms with Crippen molar-refractivity contribution in [2.24, 2.45) is 55.4 Å². The van der Waals surface area contributed by atoms with Gasteiger partial charge in [-0.2, -0.15) is 0 Å². The van der Waals surface area contributed by atoms with Crippen LogP contribution in [0.5, 0.6) is 0 Å². The molecule has 45 heavy (non-hydrogen) atoms. The average Bonchev–Trinajstić information content (AvgIpc) is 3.35.